The molecule has 1 aromatic rings. The molecule has 0 spiro atoms. The van der Waals surface area contributed by atoms with Gasteiger partial charge in [0.2, 0.25) is 11.7 Å². The van der Waals surface area contributed by atoms with Gasteiger partial charge in [-0.3, -0.25) is 4.79 Å². The van der Waals surface area contributed by atoms with Gasteiger partial charge in [0, 0.05) is 27.2 Å². The van der Waals surface area contributed by atoms with Gasteiger partial charge in [0.25, 0.3) is 0 Å². The number of hydrogen-bond donors (Lipinski definition) is 2. The molecule has 10 heteroatoms. The Hall–Kier alpha value is -1.95. The predicted octanol–water partition coefficient (Wildman–Crippen LogP) is 1.63. The Morgan fingerprint density at radius 2 is 1.83 bits per heavy atom. The zero-order valence-corrected chi connectivity index (χ0v) is 20.6. The van der Waals surface area contributed by atoms with Crippen LogP contribution >= 0.6 is 24.0 Å². The number of rotatable bonds is 9. The molecule has 0 bridgehead atoms. The van der Waals surface area contributed by atoms with E-state index in [0.717, 1.165) is 25.0 Å². The summed E-state index contributed by atoms with van der Waals surface area (Å²) in [6.07, 6.45) is 2.24. The van der Waals surface area contributed by atoms with Crippen LogP contribution in [0.3, 0.4) is 0 Å². The Morgan fingerprint density at radius 1 is 1.17 bits per heavy atom. The summed E-state index contributed by atoms with van der Waals surface area (Å²) in [7, 11) is 8.16. The fourth-order valence-corrected chi connectivity index (χ4v) is 2.90. The summed E-state index contributed by atoms with van der Waals surface area (Å²) < 4.78 is 21.8. The molecule has 1 aliphatic rings. The number of carbonyl (C=O) groups excluding carboxylic acids is 1. The Bertz CT molecular complexity index is 683. The molecule has 1 amide bonds. The van der Waals surface area contributed by atoms with E-state index in [1.807, 2.05) is 12.1 Å². The number of ether oxygens (including phenoxy) is 4. The van der Waals surface area contributed by atoms with E-state index < -0.39 is 0 Å². The van der Waals surface area contributed by atoms with Gasteiger partial charge in [0.15, 0.2) is 17.5 Å². The maximum Gasteiger partial charge on any atom is 0.241 e. The van der Waals surface area contributed by atoms with E-state index in [-0.39, 0.29) is 42.5 Å². The first-order chi connectivity index (χ1) is 14.0. The molecule has 0 radical (unpaired) electrons. The van der Waals surface area contributed by atoms with Gasteiger partial charge in [-0.15, -0.1) is 24.0 Å². The summed E-state index contributed by atoms with van der Waals surface area (Å²) in [5.41, 5.74) is 0.886. The molecule has 0 saturated carbocycles. The van der Waals surface area contributed by atoms with Crippen molar-refractivity contribution in [3.05, 3.63) is 17.7 Å². The molecule has 1 saturated heterocycles. The first kappa shape index (κ1) is 26.1. The van der Waals surface area contributed by atoms with Crippen LogP contribution in [-0.4, -0.2) is 78.0 Å². The molecule has 30 heavy (non-hydrogen) atoms. The van der Waals surface area contributed by atoms with Gasteiger partial charge in [0.05, 0.1) is 40.5 Å². The number of hydrogen-bond acceptors (Lipinski definition) is 6. The Kier molecular flexibility index (Phi) is 11.6. The number of guanidine groups is 1. The van der Waals surface area contributed by atoms with Gasteiger partial charge >= 0.3 is 0 Å². The lowest BCUT2D eigenvalue weighted by atomic mass is 10.2. The summed E-state index contributed by atoms with van der Waals surface area (Å²) in [4.78, 5) is 18.1. The number of methoxy groups -OCH3 is 3. The highest BCUT2D eigenvalue weighted by Gasteiger charge is 2.17. The maximum atomic E-state index is 11.9. The van der Waals surface area contributed by atoms with E-state index in [1.54, 1.807) is 35.4 Å². The van der Waals surface area contributed by atoms with Crippen LogP contribution in [0, 0.1) is 0 Å². The average Bonchev–Trinajstić information content (AvgIpc) is 3.25. The highest BCUT2D eigenvalue weighted by Crippen LogP contribution is 2.38. The Balaban J connectivity index is 0.00000450. The third kappa shape index (κ3) is 7.71. The van der Waals surface area contributed by atoms with E-state index in [1.165, 1.54) is 4.90 Å². The molecule has 170 valence electrons. The molecule has 1 aromatic carbocycles. The quantitative estimate of drug-likeness (QED) is 0.282. The topological polar surface area (TPSA) is 93.7 Å². The molecule has 1 unspecified atom stereocenters. The third-order valence-corrected chi connectivity index (χ3v) is 4.57. The van der Waals surface area contributed by atoms with Crippen LogP contribution in [0.5, 0.6) is 17.2 Å². The number of benzene rings is 1. The summed E-state index contributed by atoms with van der Waals surface area (Å²) in [5, 5.41) is 6.34. The standard InChI is InChI=1S/C20H32N4O5.HI/c1-24(2)18(25)13-23-20(22-12-15-7-6-8-29-15)21-11-14-9-16(26-3)19(28-5)17(10-14)27-4;/h9-10,15H,6-8,11-13H2,1-5H3,(H2,21,22,23);1H. The molecule has 2 rings (SSSR count). The van der Waals surface area contributed by atoms with Crippen molar-refractivity contribution in [1.29, 1.82) is 0 Å². The molecular formula is C20H33IN4O5. The molecule has 1 fully saturated rings. The van der Waals surface area contributed by atoms with Crippen LogP contribution in [0.15, 0.2) is 17.1 Å². The molecule has 2 N–H and O–H groups in total. The van der Waals surface area contributed by atoms with Crippen LogP contribution in [0.4, 0.5) is 0 Å². The van der Waals surface area contributed by atoms with Crippen molar-refractivity contribution in [1.82, 2.24) is 15.5 Å². The van der Waals surface area contributed by atoms with E-state index in [2.05, 4.69) is 15.6 Å². The smallest absolute Gasteiger partial charge is 0.241 e. The van der Waals surface area contributed by atoms with Gasteiger partial charge in [-0.05, 0) is 30.5 Å². The Morgan fingerprint density at radius 3 is 2.33 bits per heavy atom. The predicted molar refractivity (Wildman–Crippen MR) is 126 cm³/mol. The summed E-state index contributed by atoms with van der Waals surface area (Å²) in [6.45, 7) is 1.95. The zero-order valence-electron chi connectivity index (χ0n) is 18.3. The molecular weight excluding hydrogens is 503 g/mol. The van der Waals surface area contributed by atoms with Crippen LogP contribution < -0.4 is 24.8 Å². The first-order valence-corrected chi connectivity index (χ1v) is 9.61. The highest BCUT2D eigenvalue weighted by atomic mass is 127. The summed E-state index contributed by atoms with van der Waals surface area (Å²) in [5.74, 6) is 2.19. The average molecular weight is 536 g/mol. The second-order valence-corrected chi connectivity index (χ2v) is 6.86. The van der Waals surface area contributed by atoms with Gasteiger partial charge in [-0.1, -0.05) is 0 Å². The fraction of sp³-hybridized carbons (Fsp3) is 0.600. The largest absolute Gasteiger partial charge is 0.493 e. The molecule has 1 heterocycles. The van der Waals surface area contributed by atoms with Gasteiger partial charge in [-0.2, -0.15) is 0 Å². The number of nitrogens with one attached hydrogen (secondary N) is 2. The number of aliphatic imine (C=N–C) groups is 1. The summed E-state index contributed by atoms with van der Waals surface area (Å²) >= 11 is 0. The van der Waals surface area contributed by atoms with Crippen molar-refractivity contribution in [3.63, 3.8) is 0 Å². The minimum atomic E-state index is -0.0376. The minimum Gasteiger partial charge on any atom is -0.493 e. The molecule has 1 atom stereocenters. The van der Waals surface area contributed by atoms with Crippen LogP contribution in [0.1, 0.15) is 18.4 Å². The second-order valence-electron chi connectivity index (χ2n) is 6.86. The van der Waals surface area contributed by atoms with Crippen molar-refractivity contribution in [3.8, 4) is 17.2 Å². The second kappa shape index (κ2) is 13.4. The molecule has 9 nitrogen and oxygen atoms in total. The maximum absolute atomic E-state index is 11.9. The molecule has 0 aromatic heterocycles. The van der Waals surface area contributed by atoms with Crippen molar-refractivity contribution in [2.45, 2.75) is 25.5 Å². The van der Waals surface area contributed by atoms with Crippen LogP contribution in [-0.2, 0) is 16.1 Å². The SMILES string of the molecule is COc1cc(CN=C(NCC(=O)N(C)C)NCC2CCCO2)cc(OC)c1OC.I. The Labute approximate surface area is 195 Å². The van der Waals surface area contributed by atoms with E-state index >= 15 is 0 Å². The number of halogens is 1. The van der Waals surface area contributed by atoms with Crippen LogP contribution in [0.25, 0.3) is 0 Å². The monoisotopic (exact) mass is 536 g/mol. The van der Waals surface area contributed by atoms with Gasteiger partial charge < -0.3 is 34.5 Å². The zero-order chi connectivity index (χ0) is 21.2. The normalized spacial score (nSPS) is 15.8. The van der Waals surface area contributed by atoms with Crippen molar-refractivity contribution < 1.29 is 23.7 Å². The molecule has 1 aliphatic heterocycles. The van der Waals surface area contributed by atoms with Crippen LogP contribution in [0.2, 0.25) is 0 Å². The van der Waals surface area contributed by atoms with E-state index in [4.69, 9.17) is 18.9 Å². The third-order valence-electron chi connectivity index (χ3n) is 4.57. The highest BCUT2D eigenvalue weighted by molar-refractivity contribution is 14.0. The van der Waals surface area contributed by atoms with Gasteiger partial charge in [0.1, 0.15) is 0 Å². The lowest BCUT2D eigenvalue weighted by molar-refractivity contribution is -0.127. The lowest BCUT2D eigenvalue weighted by Crippen LogP contribution is -2.45. The number of carbonyl (C=O) groups is 1. The first-order valence-electron chi connectivity index (χ1n) is 9.61. The minimum absolute atomic E-state index is 0. The fourth-order valence-electron chi connectivity index (χ4n) is 2.90. The molecule has 0 aliphatic carbocycles. The van der Waals surface area contributed by atoms with Crippen molar-refractivity contribution in [2.75, 3.05) is 55.1 Å². The van der Waals surface area contributed by atoms with E-state index in [0.29, 0.717) is 36.3 Å². The number of amides is 1. The number of likely N-dealkylation sites (N-methyl/N-ethyl adjacent to an activating group) is 1. The summed E-state index contributed by atoms with van der Waals surface area (Å²) in [6, 6.07) is 3.71. The lowest BCUT2D eigenvalue weighted by Gasteiger charge is -2.17. The number of nitrogens with zero attached hydrogens (tertiary/aromatic N) is 2. The van der Waals surface area contributed by atoms with Crippen molar-refractivity contribution >= 4 is 35.8 Å². The van der Waals surface area contributed by atoms with Crippen molar-refractivity contribution in [2.24, 2.45) is 4.99 Å². The van der Waals surface area contributed by atoms with E-state index in [9.17, 15) is 4.79 Å². The van der Waals surface area contributed by atoms with Gasteiger partial charge in [-0.25, -0.2) is 4.99 Å².